The Hall–Kier alpha value is -2.57. The Morgan fingerprint density at radius 3 is 2.40 bits per heavy atom. The third kappa shape index (κ3) is 1.87. The van der Waals surface area contributed by atoms with Gasteiger partial charge in [-0.3, -0.25) is 10.1 Å². The van der Waals surface area contributed by atoms with Gasteiger partial charge < -0.3 is 4.42 Å². The lowest BCUT2D eigenvalue weighted by molar-refractivity contribution is -0.384. The minimum absolute atomic E-state index is 0.174. The number of alkyl halides is 3. The Morgan fingerprint density at radius 2 is 1.75 bits per heavy atom. The molecule has 4 nitrogen and oxygen atoms in total. The molecule has 102 valence electrons. The largest absolute Gasteiger partial charge is 0.456 e. The molecule has 0 aliphatic carbocycles. The van der Waals surface area contributed by atoms with E-state index >= 15 is 0 Å². The first-order valence-corrected chi connectivity index (χ1v) is 5.54. The van der Waals surface area contributed by atoms with Crippen molar-refractivity contribution in [1.82, 2.24) is 0 Å². The zero-order chi connectivity index (χ0) is 14.5. The van der Waals surface area contributed by atoms with Crippen LogP contribution in [0.25, 0.3) is 21.9 Å². The molecule has 2 aromatic carbocycles. The summed E-state index contributed by atoms with van der Waals surface area (Å²) in [5, 5.41) is 11.4. The number of nitro benzene ring substituents is 1. The third-order valence-corrected chi connectivity index (χ3v) is 2.99. The molecule has 0 amide bonds. The van der Waals surface area contributed by atoms with Crippen molar-refractivity contribution >= 4 is 27.6 Å². The summed E-state index contributed by atoms with van der Waals surface area (Å²) in [6.07, 6.45) is -4.45. The zero-order valence-electron chi connectivity index (χ0n) is 9.77. The molecule has 0 spiro atoms. The Labute approximate surface area is 109 Å². The minimum Gasteiger partial charge on any atom is -0.456 e. The van der Waals surface area contributed by atoms with Gasteiger partial charge in [0, 0.05) is 16.8 Å². The van der Waals surface area contributed by atoms with Crippen LogP contribution in [0.2, 0.25) is 0 Å². The van der Waals surface area contributed by atoms with Crippen molar-refractivity contribution in [2.75, 3.05) is 0 Å². The molecule has 0 fully saturated rings. The van der Waals surface area contributed by atoms with Crippen molar-refractivity contribution in [3.05, 3.63) is 52.1 Å². The second-order valence-corrected chi connectivity index (χ2v) is 4.25. The van der Waals surface area contributed by atoms with Gasteiger partial charge in [-0.1, -0.05) is 0 Å². The Kier molecular flexibility index (Phi) is 2.47. The summed E-state index contributed by atoms with van der Waals surface area (Å²) in [7, 11) is 0. The van der Waals surface area contributed by atoms with Crippen LogP contribution in [-0.4, -0.2) is 4.92 Å². The molecular formula is C13H6F3NO3. The number of nitro groups is 1. The summed E-state index contributed by atoms with van der Waals surface area (Å²) < 4.78 is 43.4. The summed E-state index contributed by atoms with van der Waals surface area (Å²) in [5.74, 6) is 0. The van der Waals surface area contributed by atoms with Crippen LogP contribution in [0.3, 0.4) is 0 Å². The summed E-state index contributed by atoms with van der Waals surface area (Å²) in [6.45, 7) is 0. The fraction of sp³-hybridized carbons (Fsp3) is 0.0769. The smallest absolute Gasteiger partial charge is 0.416 e. The van der Waals surface area contributed by atoms with Crippen molar-refractivity contribution in [2.45, 2.75) is 6.18 Å². The van der Waals surface area contributed by atoms with Gasteiger partial charge in [0.05, 0.1) is 16.6 Å². The molecule has 0 saturated carbocycles. The van der Waals surface area contributed by atoms with E-state index in [4.69, 9.17) is 4.42 Å². The lowest BCUT2D eigenvalue weighted by atomic mass is 10.1. The highest BCUT2D eigenvalue weighted by Crippen LogP contribution is 2.36. The Bertz CT molecular complexity index is 836. The number of halogens is 3. The number of nitrogens with zero attached hydrogens (tertiary/aromatic N) is 1. The molecule has 0 atom stereocenters. The first-order chi connectivity index (χ1) is 9.36. The standard InChI is InChI=1S/C13H6F3NO3/c14-13(15,16)7-1-4-11-10(5-7)9-3-2-8(17(18)19)6-12(9)20-11/h1-6H. The SMILES string of the molecule is O=[N+]([O-])c1ccc2c(c1)oc1ccc(C(F)(F)F)cc12. The van der Waals surface area contributed by atoms with E-state index in [1.54, 1.807) is 0 Å². The van der Waals surface area contributed by atoms with Crippen molar-refractivity contribution < 1.29 is 22.5 Å². The summed E-state index contributed by atoms with van der Waals surface area (Å²) in [6, 6.07) is 6.93. The highest BCUT2D eigenvalue weighted by Gasteiger charge is 2.31. The van der Waals surface area contributed by atoms with E-state index in [0.717, 1.165) is 12.1 Å². The molecule has 3 aromatic rings. The van der Waals surface area contributed by atoms with Crippen molar-refractivity contribution in [3.8, 4) is 0 Å². The molecule has 0 bridgehead atoms. The van der Waals surface area contributed by atoms with E-state index < -0.39 is 16.7 Å². The number of benzene rings is 2. The van der Waals surface area contributed by atoms with Gasteiger partial charge in [-0.05, 0) is 24.3 Å². The maximum Gasteiger partial charge on any atom is 0.416 e. The maximum absolute atomic E-state index is 12.7. The molecule has 1 heterocycles. The number of hydrogen-bond acceptors (Lipinski definition) is 3. The van der Waals surface area contributed by atoms with E-state index in [1.807, 2.05) is 0 Å². The molecule has 0 aliphatic rings. The van der Waals surface area contributed by atoms with Crippen molar-refractivity contribution in [3.63, 3.8) is 0 Å². The molecule has 1 aromatic heterocycles. The van der Waals surface area contributed by atoms with Crippen LogP contribution < -0.4 is 0 Å². The monoisotopic (exact) mass is 281 g/mol. The number of fused-ring (bicyclic) bond motifs is 3. The van der Waals surface area contributed by atoms with Crippen LogP contribution in [0.15, 0.2) is 40.8 Å². The predicted molar refractivity (Wildman–Crippen MR) is 65.4 cm³/mol. The third-order valence-electron chi connectivity index (χ3n) is 2.99. The second kappa shape index (κ2) is 3.96. The fourth-order valence-corrected chi connectivity index (χ4v) is 2.06. The van der Waals surface area contributed by atoms with Gasteiger partial charge in [-0.2, -0.15) is 13.2 Å². The summed E-state index contributed by atoms with van der Waals surface area (Å²) >= 11 is 0. The summed E-state index contributed by atoms with van der Waals surface area (Å²) in [5.41, 5.74) is -0.513. The van der Waals surface area contributed by atoms with E-state index in [9.17, 15) is 23.3 Å². The number of hydrogen-bond donors (Lipinski definition) is 0. The number of furan rings is 1. The van der Waals surface area contributed by atoms with E-state index in [2.05, 4.69) is 0 Å². The molecule has 7 heteroatoms. The van der Waals surface area contributed by atoms with Crippen LogP contribution in [0.5, 0.6) is 0 Å². The van der Waals surface area contributed by atoms with Crippen LogP contribution in [0.1, 0.15) is 5.56 Å². The minimum atomic E-state index is -4.45. The van der Waals surface area contributed by atoms with Gasteiger partial charge in [-0.25, -0.2) is 0 Å². The van der Waals surface area contributed by atoms with Crippen LogP contribution in [-0.2, 0) is 6.18 Å². The van der Waals surface area contributed by atoms with Crippen molar-refractivity contribution in [2.24, 2.45) is 0 Å². The lowest BCUT2D eigenvalue weighted by Gasteiger charge is -2.05. The molecule has 0 radical (unpaired) electrons. The predicted octanol–water partition coefficient (Wildman–Crippen LogP) is 4.51. The lowest BCUT2D eigenvalue weighted by Crippen LogP contribution is -2.03. The Morgan fingerprint density at radius 1 is 1.00 bits per heavy atom. The van der Waals surface area contributed by atoms with E-state index in [-0.39, 0.29) is 22.2 Å². The second-order valence-electron chi connectivity index (χ2n) is 4.25. The van der Waals surface area contributed by atoms with E-state index in [0.29, 0.717) is 5.39 Å². The topological polar surface area (TPSA) is 56.3 Å². The number of rotatable bonds is 1. The first-order valence-electron chi connectivity index (χ1n) is 5.54. The summed E-state index contributed by atoms with van der Waals surface area (Å²) in [4.78, 5) is 10.1. The van der Waals surface area contributed by atoms with Gasteiger partial charge in [0.15, 0.2) is 0 Å². The number of non-ortho nitro benzene ring substituents is 1. The molecule has 0 N–H and O–H groups in total. The maximum atomic E-state index is 12.7. The highest BCUT2D eigenvalue weighted by molar-refractivity contribution is 6.05. The Balaban J connectivity index is 2.30. The zero-order valence-corrected chi connectivity index (χ0v) is 9.77. The van der Waals surface area contributed by atoms with Gasteiger partial charge in [0.2, 0.25) is 0 Å². The van der Waals surface area contributed by atoms with Crippen LogP contribution in [0, 0.1) is 10.1 Å². The van der Waals surface area contributed by atoms with Crippen LogP contribution >= 0.6 is 0 Å². The van der Waals surface area contributed by atoms with Gasteiger partial charge >= 0.3 is 6.18 Å². The fourth-order valence-electron chi connectivity index (χ4n) is 2.06. The van der Waals surface area contributed by atoms with Gasteiger partial charge in [0.1, 0.15) is 11.2 Å². The highest BCUT2D eigenvalue weighted by atomic mass is 19.4. The van der Waals surface area contributed by atoms with Crippen molar-refractivity contribution in [1.29, 1.82) is 0 Å². The van der Waals surface area contributed by atoms with Gasteiger partial charge in [0.25, 0.3) is 5.69 Å². The molecule has 0 saturated heterocycles. The molecule has 0 aliphatic heterocycles. The molecular weight excluding hydrogens is 275 g/mol. The average molecular weight is 281 g/mol. The van der Waals surface area contributed by atoms with Crippen LogP contribution in [0.4, 0.5) is 18.9 Å². The molecule has 0 unspecified atom stereocenters. The van der Waals surface area contributed by atoms with Gasteiger partial charge in [-0.15, -0.1) is 0 Å². The molecule has 20 heavy (non-hydrogen) atoms. The molecule has 3 rings (SSSR count). The average Bonchev–Trinajstić information content (AvgIpc) is 2.74. The van der Waals surface area contributed by atoms with E-state index in [1.165, 1.54) is 24.3 Å². The first kappa shape index (κ1) is 12.5. The normalized spacial score (nSPS) is 12.2. The quantitative estimate of drug-likeness (QED) is 0.487.